The second kappa shape index (κ2) is 8.66. The van der Waals surface area contributed by atoms with E-state index in [0.29, 0.717) is 17.2 Å². The number of carbonyl (C=O) groups is 1. The highest BCUT2D eigenvalue weighted by Crippen LogP contribution is 2.21. The van der Waals surface area contributed by atoms with Gasteiger partial charge in [0.05, 0.1) is 10.7 Å². The molecule has 0 N–H and O–H groups in total. The van der Waals surface area contributed by atoms with Crippen molar-refractivity contribution in [3.8, 4) is 5.75 Å². The number of rotatable bonds is 8. The van der Waals surface area contributed by atoms with Crippen LogP contribution in [0.4, 0.5) is 5.69 Å². The summed E-state index contributed by atoms with van der Waals surface area (Å²) in [6.07, 6.45) is 0. The number of carbonyl (C=O) groups excluding carboxylic acids is 1. The van der Waals surface area contributed by atoms with Crippen molar-refractivity contribution < 1.29 is 18.9 Å². The molecule has 0 aliphatic carbocycles. The molecular weight excluding hydrogens is 382 g/mol. The Labute approximate surface area is 165 Å². The lowest BCUT2D eigenvalue weighted by atomic mass is 10.1. The molecule has 0 aliphatic rings. The number of nitro groups is 1. The standard InChI is InChI=1S/C19H17N3O5S/c1-12-3-8-16(9-13(12)2)26-10-18-20-21-19(27-18)28-11-17(23)14-4-6-15(7-5-14)22(24)25/h3-9H,10-11H2,1-2H3. The van der Waals surface area contributed by atoms with Gasteiger partial charge in [0, 0.05) is 17.7 Å². The molecule has 9 heteroatoms. The Kier molecular flexibility index (Phi) is 6.05. The summed E-state index contributed by atoms with van der Waals surface area (Å²) in [6, 6.07) is 11.2. The van der Waals surface area contributed by atoms with E-state index in [1.165, 1.54) is 29.8 Å². The van der Waals surface area contributed by atoms with Gasteiger partial charge >= 0.3 is 0 Å². The van der Waals surface area contributed by atoms with Gasteiger partial charge in [-0.05, 0) is 49.2 Å². The Balaban J connectivity index is 1.52. The Morgan fingerprint density at radius 3 is 2.57 bits per heavy atom. The van der Waals surface area contributed by atoms with E-state index < -0.39 is 4.92 Å². The number of aryl methyl sites for hydroxylation is 2. The molecule has 0 radical (unpaired) electrons. The van der Waals surface area contributed by atoms with Crippen LogP contribution in [0.3, 0.4) is 0 Å². The van der Waals surface area contributed by atoms with Gasteiger partial charge in [-0.1, -0.05) is 17.8 Å². The Hall–Kier alpha value is -3.20. The molecule has 28 heavy (non-hydrogen) atoms. The largest absolute Gasteiger partial charge is 0.484 e. The number of hydrogen-bond donors (Lipinski definition) is 0. The smallest absolute Gasteiger partial charge is 0.277 e. The van der Waals surface area contributed by atoms with E-state index in [2.05, 4.69) is 10.2 Å². The maximum Gasteiger partial charge on any atom is 0.277 e. The number of Topliss-reactive ketones (excluding diaryl/α,β-unsaturated/α-hetero) is 1. The normalized spacial score (nSPS) is 10.6. The number of aromatic nitrogens is 2. The van der Waals surface area contributed by atoms with Crippen LogP contribution in [0.1, 0.15) is 27.4 Å². The third-order valence-electron chi connectivity index (χ3n) is 4.02. The molecule has 0 unspecified atom stereocenters. The maximum atomic E-state index is 12.2. The lowest BCUT2D eigenvalue weighted by Gasteiger charge is -2.05. The minimum Gasteiger partial charge on any atom is -0.484 e. The number of ether oxygens (including phenoxy) is 1. The van der Waals surface area contributed by atoms with Gasteiger partial charge < -0.3 is 9.15 Å². The lowest BCUT2D eigenvalue weighted by Crippen LogP contribution is -2.02. The summed E-state index contributed by atoms with van der Waals surface area (Å²) in [6.45, 7) is 4.16. The number of nitrogens with zero attached hydrogens (tertiary/aromatic N) is 3. The fourth-order valence-corrected chi connectivity index (χ4v) is 2.96. The summed E-state index contributed by atoms with van der Waals surface area (Å²) in [5.41, 5.74) is 2.64. The van der Waals surface area contributed by atoms with E-state index in [-0.39, 0.29) is 29.1 Å². The molecule has 0 aliphatic heterocycles. The van der Waals surface area contributed by atoms with Gasteiger partial charge in [-0.2, -0.15) is 0 Å². The van der Waals surface area contributed by atoms with E-state index in [9.17, 15) is 14.9 Å². The van der Waals surface area contributed by atoms with Gasteiger partial charge in [0.1, 0.15) is 5.75 Å². The first kappa shape index (κ1) is 19.6. The molecule has 3 rings (SSSR count). The molecule has 0 spiro atoms. The number of benzene rings is 2. The van der Waals surface area contributed by atoms with Gasteiger partial charge in [0.15, 0.2) is 12.4 Å². The number of non-ortho nitro benzene ring substituents is 1. The molecule has 0 saturated heterocycles. The van der Waals surface area contributed by atoms with Crippen molar-refractivity contribution in [3.63, 3.8) is 0 Å². The fraction of sp³-hybridized carbons (Fsp3) is 0.211. The quantitative estimate of drug-likeness (QED) is 0.241. The lowest BCUT2D eigenvalue weighted by molar-refractivity contribution is -0.384. The number of ketones is 1. The summed E-state index contributed by atoms with van der Waals surface area (Å²) < 4.78 is 11.1. The summed E-state index contributed by atoms with van der Waals surface area (Å²) in [7, 11) is 0. The van der Waals surface area contributed by atoms with Crippen LogP contribution in [-0.2, 0) is 6.61 Å². The molecule has 3 aromatic rings. The average Bonchev–Trinajstić information content (AvgIpc) is 3.15. The Morgan fingerprint density at radius 2 is 1.89 bits per heavy atom. The van der Waals surface area contributed by atoms with Crippen LogP contribution in [0.2, 0.25) is 0 Å². The van der Waals surface area contributed by atoms with Crippen LogP contribution in [0.15, 0.2) is 52.1 Å². The predicted octanol–water partition coefficient (Wildman–Crippen LogP) is 4.15. The first-order valence-electron chi connectivity index (χ1n) is 8.35. The molecule has 0 atom stereocenters. The van der Waals surface area contributed by atoms with E-state index in [1.807, 2.05) is 32.0 Å². The Morgan fingerprint density at radius 1 is 1.14 bits per heavy atom. The zero-order valence-electron chi connectivity index (χ0n) is 15.2. The van der Waals surface area contributed by atoms with Crippen molar-refractivity contribution in [1.29, 1.82) is 0 Å². The Bertz CT molecular complexity index is 1000. The zero-order chi connectivity index (χ0) is 20.1. The predicted molar refractivity (Wildman–Crippen MR) is 103 cm³/mol. The molecule has 1 aromatic heterocycles. The molecule has 1 heterocycles. The zero-order valence-corrected chi connectivity index (χ0v) is 16.1. The maximum absolute atomic E-state index is 12.2. The number of nitro benzene ring substituents is 1. The van der Waals surface area contributed by atoms with Crippen molar-refractivity contribution in [3.05, 3.63) is 75.2 Å². The number of thioether (sulfide) groups is 1. The van der Waals surface area contributed by atoms with Crippen LogP contribution in [0.5, 0.6) is 5.75 Å². The fourth-order valence-electron chi connectivity index (χ4n) is 2.28. The van der Waals surface area contributed by atoms with E-state index in [1.54, 1.807) is 0 Å². The summed E-state index contributed by atoms with van der Waals surface area (Å²) in [4.78, 5) is 22.3. The third kappa shape index (κ3) is 4.95. The van der Waals surface area contributed by atoms with Gasteiger partial charge in [-0.25, -0.2) is 0 Å². The van der Waals surface area contributed by atoms with Gasteiger partial charge in [0.2, 0.25) is 0 Å². The van der Waals surface area contributed by atoms with Gasteiger partial charge in [-0.15, -0.1) is 10.2 Å². The topological polar surface area (TPSA) is 108 Å². The minimum atomic E-state index is -0.511. The van der Waals surface area contributed by atoms with Crippen molar-refractivity contribution in [1.82, 2.24) is 10.2 Å². The van der Waals surface area contributed by atoms with Crippen LogP contribution in [-0.4, -0.2) is 26.7 Å². The van der Waals surface area contributed by atoms with E-state index >= 15 is 0 Å². The summed E-state index contributed by atoms with van der Waals surface area (Å²) in [5.74, 6) is 0.913. The third-order valence-corrected chi connectivity index (χ3v) is 4.83. The monoisotopic (exact) mass is 399 g/mol. The minimum absolute atomic E-state index is 0.0606. The second-order valence-corrected chi connectivity index (χ2v) is 6.94. The van der Waals surface area contributed by atoms with Crippen molar-refractivity contribution in [2.75, 3.05) is 5.75 Å². The highest BCUT2D eigenvalue weighted by molar-refractivity contribution is 7.99. The van der Waals surface area contributed by atoms with E-state index in [0.717, 1.165) is 17.3 Å². The first-order valence-corrected chi connectivity index (χ1v) is 9.34. The van der Waals surface area contributed by atoms with Crippen molar-refractivity contribution >= 4 is 23.2 Å². The van der Waals surface area contributed by atoms with Gasteiger partial charge in [-0.3, -0.25) is 14.9 Å². The van der Waals surface area contributed by atoms with Crippen molar-refractivity contribution in [2.24, 2.45) is 0 Å². The SMILES string of the molecule is Cc1ccc(OCc2nnc(SCC(=O)c3ccc([N+](=O)[O-])cc3)o2)cc1C. The molecule has 0 saturated carbocycles. The average molecular weight is 399 g/mol. The summed E-state index contributed by atoms with van der Waals surface area (Å²) >= 11 is 1.10. The van der Waals surface area contributed by atoms with Crippen molar-refractivity contribution in [2.45, 2.75) is 25.7 Å². The first-order chi connectivity index (χ1) is 13.4. The molecule has 0 fully saturated rings. The molecule has 144 valence electrons. The van der Waals surface area contributed by atoms with Crippen LogP contribution >= 0.6 is 11.8 Å². The molecule has 0 bridgehead atoms. The van der Waals surface area contributed by atoms with Crippen LogP contribution < -0.4 is 4.74 Å². The highest BCUT2D eigenvalue weighted by atomic mass is 32.2. The number of hydrogen-bond acceptors (Lipinski definition) is 8. The molecule has 2 aromatic carbocycles. The molecule has 8 nitrogen and oxygen atoms in total. The summed E-state index contributed by atoms with van der Waals surface area (Å²) in [5, 5.41) is 18.7. The van der Waals surface area contributed by atoms with E-state index in [4.69, 9.17) is 9.15 Å². The molecule has 0 amide bonds. The second-order valence-electron chi connectivity index (χ2n) is 6.01. The van der Waals surface area contributed by atoms with Gasteiger partial charge in [0.25, 0.3) is 16.8 Å². The highest BCUT2D eigenvalue weighted by Gasteiger charge is 2.13. The van der Waals surface area contributed by atoms with Crippen LogP contribution in [0, 0.1) is 24.0 Å². The molecular formula is C19H17N3O5S. The van der Waals surface area contributed by atoms with Crippen LogP contribution in [0.25, 0.3) is 0 Å².